The highest BCUT2D eigenvalue weighted by molar-refractivity contribution is 7.88. The summed E-state index contributed by atoms with van der Waals surface area (Å²) in [5, 5.41) is 3.22. The van der Waals surface area contributed by atoms with E-state index in [2.05, 4.69) is 15.3 Å². The number of ether oxygens (including phenoxy) is 2. The van der Waals surface area contributed by atoms with Crippen LogP contribution in [0.4, 0.5) is 16.3 Å². The lowest BCUT2D eigenvalue weighted by Crippen LogP contribution is -2.42. The van der Waals surface area contributed by atoms with Gasteiger partial charge in [-0.25, -0.2) is 27.5 Å². The predicted octanol–water partition coefficient (Wildman–Crippen LogP) is 3.29. The Balaban J connectivity index is 1.44. The summed E-state index contributed by atoms with van der Waals surface area (Å²) in [6.45, 7) is 0.565. The van der Waals surface area contributed by atoms with Gasteiger partial charge in [-0.05, 0) is 42.7 Å². The molecule has 1 aliphatic heterocycles. The first kappa shape index (κ1) is 24.4. The molecule has 1 aromatic heterocycles. The van der Waals surface area contributed by atoms with Crippen LogP contribution in [0.1, 0.15) is 18.4 Å². The molecule has 1 aliphatic rings. The SMILES string of the molecule is COc1ccccc1-c1cc(Nc2cccc(CS(=O)(=O)N3CCC(OC(N)=O)CC3)c2)ncn1. The van der Waals surface area contributed by atoms with Gasteiger partial charge in [0.1, 0.15) is 24.0 Å². The number of nitrogens with two attached hydrogens (primary N) is 1. The van der Waals surface area contributed by atoms with Gasteiger partial charge in [-0.3, -0.25) is 0 Å². The number of amides is 1. The monoisotopic (exact) mass is 497 g/mol. The lowest BCUT2D eigenvalue weighted by atomic mass is 10.1. The van der Waals surface area contributed by atoms with Gasteiger partial charge in [-0.15, -0.1) is 0 Å². The number of carbonyl (C=O) groups is 1. The molecule has 3 N–H and O–H groups in total. The molecule has 4 rings (SSSR count). The summed E-state index contributed by atoms with van der Waals surface area (Å²) in [6, 6.07) is 16.6. The van der Waals surface area contributed by atoms with Crippen LogP contribution < -0.4 is 15.8 Å². The summed E-state index contributed by atoms with van der Waals surface area (Å²) in [5.41, 5.74) is 7.94. The number of nitrogens with one attached hydrogen (secondary N) is 1. The van der Waals surface area contributed by atoms with Crippen molar-refractivity contribution in [1.82, 2.24) is 14.3 Å². The van der Waals surface area contributed by atoms with Crippen LogP contribution in [0.5, 0.6) is 5.75 Å². The molecule has 1 saturated heterocycles. The first-order chi connectivity index (χ1) is 16.8. The summed E-state index contributed by atoms with van der Waals surface area (Å²) in [7, 11) is -1.93. The normalized spacial score (nSPS) is 14.9. The predicted molar refractivity (Wildman–Crippen MR) is 132 cm³/mol. The van der Waals surface area contributed by atoms with E-state index in [0.29, 0.717) is 41.4 Å². The van der Waals surface area contributed by atoms with Crippen molar-refractivity contribution in [2.45, 2.75) is 24.7 Å². The summed E-state index contributed by atoms with van der Waals surface area (Å²) >= 11 is 0. The Hall–Kier alpha value is -3.70. The quantitative estimate of drug-likeness (QED) is 0.484. The zero-order valence-corrected chi connectivity index (χ0v) is 20.1. The molecule has 3 aromatic rings. The minimum Gasteiger partial charge on any atom is -0.496 e. The number of methoxy groups -OCH3 is 1. The standard InChI is InChI=1S/C24H27N5O5S/c1-33-22-8-3-2-7-20(22)21-14-23(27-16-26-21)28-18-6-4-5-17(13-18)15-35(31,32)29-11-9-19(10-12-29)34-24(25)30/h2-8,13-14,16,19H,9-12,15H2,1H3,(H2,25,30)(H,26,27,28). The van der Waals surface area contributed by atoms with Gasteiger partial charge >= 0.3 is 6.09 Å². The van der Waals surface area contributed by atoms with E-state index < -0.39 is 16.1 Å². The van der Waals surface area contributed by atoms with Gasteiger partial charge in [0.2, 0.25) is 10.0 Å². The summed E-state index contributed by atoms with van der Waals surface area (Å²) in [4.78, 5) is 19.6. The second-order valence-electron chi connectivity index (χ2n) is 8.11. The Morgan fingerprint density at radius 3 is 2.63 bits per heavy atom. The summed E-state index contributed by atoms with van der Waals surface area (Å²) < 4.78 is 37.7. The molecule has 0 atom stereocenters. The Labute approximate surface area is 204 Å². The third-order valence-electron chi connectivity index (χ3n) is 5.68. The number of anilines is 2. The average molecular weight is 498 g/mol. The fourth-order valence-corrected chi connectivity index (χ4v) is 5.56. The molecule has 10 nitrogen and oxygen atoms in total. The average Bonchev–Trinajstić information content (AvgIpc) is 2.84. The number of hydrogen-bond acceptors (Lipinski definition) is 8. The molecule has 0 spiro atoms. The number of rotatable bonds is 8. The highest BCUT2D eigenvalue weighted by atomic mass is 32.2. The number of sulfonamides is 1. The minimum atomic E-state index is -3.53. The molecular formula is C24H27N5O5S. The van der Waals surface area contributed by atoms with Crippen LogP contribution in [-0.4, -0.2) is 55.1 Å². The van der Waals surface area contributed by atoms with Crippen molar-refractivity contribution in [2.24, 2.45) is 5.73 Å². The number of para-hydroxylation sites is 1. The van der Waals surface area contributed by atoms with Crippen molar-refractivity contribution in [1.29, 1.82) is 0 Å². The number of nitrogens with zero attached hydrogens (tertiary/aromatic N) is 3. The molecule has 0 saturated carbocycles. The van der Waals surface area contributed by atoms with Crippen molar-refractivity contribution in [3.63, 3.8) is 0 Å². The summed E-state index contributed by atoms with van der Waals surface area (Å²) in [6.07, 6.45) is 1.12. The third kappa shape index (κ3) is 6.25. The number of carbonyl (C=O) groups excluding carboxylic acids is 1. The minimum absolute atomic E-state index is 0.139. The van der Waals surface area contributed by atoms with E-state index in [0.717, 1.165) is 5.56 Å². The van der Waals surface area contributed by atoms with Crippen LogP contribution in [0.2, 0.25) is 0 Å². The molecule has 35 heavy (non-hydrogen) atoms. The molecule has 1 amide bonds. The van der Waals surface area contributed by atoms with Crippen LogP contribution in [0.25, 0.3) is 11.3 Å². The fourth-order valence-electron chi connectivity index (χ4n) is 4.01. The molecular weight excluding hydrogens is 470 g/mol. The van der Waals surface area contributed by atoms with Gasteiger partial charge in [0.25, 0.3) is 0 Å². The largest absolute Gasteiger partial charge is 0.496 e. The fraction of sp³-hybridized carbons (Fsp3) is 0.292. The van der Waals surface area contributed by atoms with E-state index in [-0.39, 0.29) is 24.9 Å². The Kier molecular flexibility index (Phi) is 7.47. The zero-order valence-electron chi connectivity index (χ0n) is 19.3. The van der Waals surface area contributed by atoms with Crippen LogP contribution in [0.15, 0.2) is 60.9 Å². The van der Waals surface area contributed by atoms with Gasteiger partial charge in [0.15, 0.2) is 0 Å². The van der Waals surface area contributed by atoms with E-state index in [4.69, 9.17) is 15.2 Å². The smallest absolute Gasteiger partial charge is 0.404 e. The lowest BCUT2D eigenvalue weighted by molar-refractivity contribution is 0.0741. The van der Waals surface area contributed by atoms with Crippen LogP contribution >= 0.6 is 0 Å². The molecule has 0 bridgehead atoms. The van der Waals surface area contributed by atoms with Crippen molar-refractivity contribution < 1.29 is 22.7 Å². The van der Waals surface area contributed by atoms with E-state index in [1.54, 1.807) is 31.4 Å². The number of benzene rings is 2. The van der Waals surface area contributed by atoms with E-state index in [9.17, 15) is 13.2 Å². The first-order valence-corrected chi connectivity index (χ1v) is 12.7. The van der Waals surface area contributed by atoms with Crippen molar-refractivity contribution >= 4 is 27.6 Å². The number of primary amides is 1. The maximum atomic E-state index is 13.0. The second-order valence-corrected chi connectivity index (χ2v) is 10.1. The molecule has 11 heteroatoms. The molecule has 0 aliphatic carbocycles. The number of piperidine rings is 1. The van der Waals surface area contributed by atoms with Crippen LogP contribution in [-0.2, 0) is 20.5 Å². The summed E-state index contributed by atoms with van der Waals surface area (Å²) in [5.74, 6) is 1.13. The van der Waals surface area contributed by atoms with Gasteiger partial charge in [-0.1, -0.05) is 24.3 Å². The number of aromatic nitrogens is 2. The van der Waals surface area contributed by atoms with E-state index >= 15 is 0 Å². The molecule has 0 unspecified atom stereocenters. The molecule has 184 valence electrons. The van der Waals surface area contributed by atoms with E-state index in [1.165, 1.54) is 10.6 Å². The van der Waals surface area contributed by atoms with Crippen LogP contribution in [0, 0.1) is 0 Å². The Bertz CT molecular complexity index is 1290. The highest BCUT2D eigenvalue weighted by Gasteiger charge is 2.29. The van der Waals surface area contributed by atoms with Gasteiger partial charge < -0.3 is 20.5 Å². The topological polar surface area (TPSA) is 137 Å². The molecule has 2 aromatic carbocycles. The van der Waals surface area contributed by atoms with E-state index in [1.807, 2.05) is 30.3 Å². The zero-order chi connectivity index (χ0) is 24.8. The molecule has 1 fully saturated rings. The molecule has 2 heterocycles. The second kappa shape index (κ2) is 10.7. The van der Waals surface area contributed by atoms with Crippen LogP contribution in [0.3, 0.4) is 0 Å². The highest BCUT2D eigenvalue weighted by Crippen LogP contribution is 2.29. The van der Waals surface area contributed by atoms with Crippen molar-refractivity contribution in [3.05, 3.63) is 66.5 Å². The Morgan fingerprint density at radius 2 is 1.89 bits per heavy atom. The van der Waals surface area contributed by atoms with Crippen molar-refractivity contribution in [3.8, 4) is 17.0 Å². The number of hydrogen-bond donors (Lipinski definition) is 2. The van der Waals surface area contributed by atoms with Crippen molar-refractivity contribution in [2.75, 3.05) is 25.5 Å². The van der Waals surface area contributed by atoms with Gasteiger partial charge in [-0.2, -0.15) is 0 Å². The molecule has 0 radical (unpaired) electrons. The first-order valence-electron chi connectivity index (χ1n) is 11.1. The van der Waals surface area contributed by atoms with Gasteiger partial charge in [0.05, 0.1) is 18.6 Å². The third-order valence-corrected chi connectivity index (χ3v) is 7.53. The Morgan fingerprint density at radius 1 is 1.11 bits per heavy atom. The van der Waals surface area contributed by atoms with Gasteiger partial charge in [0, 0.05) is 30.4 Å². The maximum absolute atomic E-state index is 13.0. The maximum Gasteiger partial charge on any atom is 0.404 e. The lowest BCUT2D eigenvalue weighted by Gasteiger charge is -2.30.